The number of carbonyl (C=O) groups excluding carboxylic acids is 1. The third-order valence-corrected chi connectivity index (χ3v) is 2.79. The standard InChI is InChI=1S/C15H21N3O2/c1-11(2)8-18(10-15(17)19)9-12-4-5-14(20-3)13(6-12)7-16/h4-6,11H,8-10H2,1-3H3,(H2,17,19). The van der Waals surface area contributed by atoms with Gasteiger partial charge in [-0.1, -0.05) is 19.9 Å². The molecule has 0 aromatic heterocycles. The van der Waals surface area contributed by atoms with Crippen molar-refractivity contribution in [3.8, 4) is 11.8 Å². The highest BCUT2D eigenvalue weighted by Crippen LogP contribution is 2.20. The minimum absolute atomic E-state index is 0.214. The van der Waals surface area contributed by atoms with Gasteiger partial charge in [-0.3, -0.25) is 9.69 Å². The Balaban J connectivity index is 2.87. The number of primary amides is 1. The third kappa shape index (κ3) is 4.90. The summed E-state index contributed by atoms with van der Waals surface area (Å²) in [6, 6.07) is 7.56. The van der Waals surface area contributed by atoms with Gasteiger partial charge in [-0.05, 0) is 23.6 Å². The Kier molecular flexibility index (Phi) is 6.01. The van der Waals surface area contributed by atoms with Gasteiger partial charge in [0, 0.05) is 13.1 Å². The van der Waals surface area contributed by atoms with Gasteiger partial charge in [-0.15, -0.1) is 0 Å². The first kappa shape index (κ1) is 16.0. The largest absolute Gasteiger partial charge is 0.495 e. The molecule has 0 saturated carbocycles. The van der Waals surface area contributed by atoms with Crippen LogP contribution in [0.5, 0.6) is 5.75 Å². The molecule has 5 nitrogen and oxygen atoms in total. The highest BCUT2D eigenvalue weighted by atomic mass is 16.5. The van der Waals surface area contributed by atoms with E-state index in [2.05, 4.69) is 19.9 Å². The second-order valence-corrected chi connectivity index (χ2v) is 5.18. The molecule has 0 bridgehead atoms. The van der Waals surface area contributed by atoms with E-state index >= 15 is 0 Å². The second kappa shape index (κ2) is 7.51. The van der Waals surface area contributed by atoms with Crippen LogP contribution < -0.4 is 10.5 Å². The van der Waals surface area contributed by atoms with Crippen molar-refractivity contribution >= 4 is 5.91 Å². The Labute approximate surface area is 119 Å². The highest BCUT2D eigenvalue weighted by molar-refractivity contribution is 5.75. The molecule has 20 heavy (non-hydrogen) atoms. The van der Waals surface area contributed by atoms with Gasteiger partial charge < -0.3 is 10.5 Å². The molecular weight excluding hydrogens is 254 g/mol. The van der Waals surface area contributed by atoms with Crippen molar-refractivity contribution < 1.29 is 9.53 Å². The van der Waals surface area contributed by atoms with E-state index in [1.807, 2.05) is 11.0 Å². The molecule has 1 amide bonds. The van der Waals surface area contributed by atoms with Crippen LogP contribution in [-0.2, 0) is 11.3 Å². The number of nitriles is 1. The lowest BCUT2D eigenvalue weighted by molar-refractivity contribution is -0.119. The van der Waals surface area contributed by atoms with Crippen molar-refractivity contribution in [1.29, 1.82) is 5.26 Å². The summed E-state index contributed by atoms with van der Waals surface area (Å²) in [4.78, 5) is 13.1. The van der Waals surface area contributed by atoms with Crippen LogP contribution >= 0.6 is 0 Å². The SMILES string of the molecule is COc1ccc(CN(CC(N)=O)CC(C)C)cc1C#N. The molecule has 0 aliphatic carbocycles. The van der Waals surface area contributed by atoms with E-state index in [-0.39, 0.29) is 12.5 Å². The van der Waals surface area contributed by atoms with Gasteiger partial charge in [0.05, 0.1) is 19.2 Å². The second-order valence-electron chi connectivity index (χ2n) is 5.18. The van der Waals surface area contributed by atoms with Gasteiger partial charge in [0.1, 0.15) is 11.8 Å². The van der Waals surface area contributed by atoms with E-state index in [1.54, 1.807) is 12.1 Å². The molecule has 0 atom stereocenters. The number of carbonyl (C=O) groups is 1. The molecule has 0 spiro atoms. The lowest BCUT2D eigenvalue weighted by Crippen LogP contribution is -2.35. The number of hydrogen-bond donors (Lipinski definition) is 1. The highest BCUT2D eigenvalue weighted by Gasteiger charge is 2.12. The first-order chi connectivity index (χ1) is 9.46. The molecule has 0 unspecified atom stereocenters. The molecule has 0 radical (unpaired) electrons. The number of amides is 1. The zero-order chi connectivity index (χ0) is 15.1. The Morgan fingerprint density at radius 1 is 1.50 bits per heavy atom. The first-order valence-electron chi connectivity index (χ1n) is 6.54. The Morgan fingerprint density at radius 2 is 2.20 bits per heavy atom. The van der Waals surface area contributed by atoms with Crippen LogP contribution in [0.4, 0.5) is 0 Å². The van der Waals surface area contributed by atoms with E-state index in [0.29, 0.717) is 23.8 Å². The van der Waals surface area contributed by atoms with Crippen molar-refractivity contribution in [2.24, 2.45) is 11.7 Å². The predicted molar refractivity (Wildman–Crippen MR) is 77.0 cm³/mol. The molecule has 1 aromatic rings. The zero-order valence-corrected chi connectivity index (χ0v) is 12.2. The summed E-state index contributed by atoms with van der Waals surface area (Å²) in [7, 11) is 1.54. The number of hydrogen-bond acceptors (Lipinski definition) is 4. The Hall–Kier alpha value is -2.06. The fourth-order valence-electron chi connectivity index (χ4n) is 2.12. The first-order valence-corrected chi connectivity index (χ1v) is 6.54. The molecule has 0 fully saturated rings. The monoisotopic (exact) mass is 275 g/mol. The van der Waals surface area contributed by atoms with Crippen LogP contribution in [0.15, 0.2) is 18.2 Å². The maximum absolute atomic E-state index is 11.1. The maximum atomic E-state index is 11.1. The van der Waals surface area contributed by atoms with Crippen LogP contribution in [0.1, 0.15) is 25.0 Å². The van der Waals surface area contributed by atoms with Gasteiger partial charge in [0.15, 0.2) is 0 Å². The van der Waals surface area contributed by atoms with Crippen LogP contribution in [0.2, 0.25) is 0 Å². The van der Waals surface area contributed by atoms with Crippen LogP contribution in [0, 0.1) is 17.2 Å². The Bertz CT molecular complexity index is 506. The maximum Gasteiger partial charge on any atom is 0.231 e. The molecular formula is C15H21N3O2. The van der Waals surface area contributed by atoms with Crippen molar-refractivity contribution in [1.82, 2.24) is 4.90 Å². The normalized spacial score (nSPS) is 10.6. The summed E-state index contributed by atoms with van der Waals surface area (Å²) in [6.45, 7) is 5.74. The number of nitrogens with two attached hydrogens (primary N) is 1. The fraction of sp³-hybridized carbons (Fsp3) is 0.467. The molecule has 0 aliphatic heterocycles. The average Bonchev–Trinajstić information content (AvgIpc) is 2.36. The lowest BCUT2D eigenvalue weighted by atomic mass is 10.1. The quantitative estimate of drug-likeness (QED) is 0.818. The fourth-order valence-corrected chi connectivity index (χ4v) is 2.12. The summed E-state index contributed by atoms with van der Waals surface area (Å²) in [5.41, 5.74) is 6.73. The molecule has 2 N–H and O–H groups in total. The topological polar surface area (TPSA) is 79.3 Å². The van der Waals surface area contributed by atoms with E-state index in [0.717, 1.165) is 12.1 Å². The molecule has 0 aliphatic rings. The van der Waals surface area contributed by atoms with Crippen LogP contribution in [0.25, 0.3) is 0 Å². The van der Waals surface area contributed by atoms with Crippen LogP contribution in [-0.4, -0.2) is 31.0 Å². The van der Waals surface area contributed by atoms with Gasteiger partial charge >= 0.3 is 0 Å². The zero-order valence-electron chi connectivity index (χ0n) is 12.2. The number of rotatable bonds is 7. The molecule has 108 valence electrons. The van der Waals surface area contributed by atoms with E-state index < -0.39 is 0 Å². The van der Waals surface area contributed by atoms with E-state index in [4.69, 9.17) is 15.7 Å². The Morgan fingerprint density at radius 3 is 2.70 bits per heavy atom. The summed E-state index contributed by atoms with van der Waals surface area (Å²) >= 11 is 0. The van der Waals surface area contributed by atoms with Gasteiger partial charge in [-0.2, -0.15) is 5.26 Å². The molecule has 0 saturated heterocycles. The number of benzene rings is 1. The predicted octanol–water partition coefficient (Wildman–Crippen LogP) is 1.51. The lowest BCUT2D eigenvalue weighted by Gasteiger charge is -2.23. The van der Waals surface area contributed by atoms with E-state index in [9.17, 15) is 4.79 Å². The number of ether oxygens (including phenoxy) is 1. The summed E-state index contributed by atoms with van der Waals surface area (Å²) in [5, 5.41) is 9.08. The molecule has 0 heterocycles. The molecule has 5 heteroatoms. The number of methoxy groups -OCH3 is 1. The van der Waals surface area contributed by atoms with Crippen molar-refractivity contribution in [2.45, 2.75) is 20.4 Å². The van der Waals surface area contributed by atoms with Gasteiger partial charge in [-0.25, -0.2) is 0 Å². The third-order valence-electron chi connectivity index (χ3n) is 2.79. The smallest absolute Gasteiger partial charge is 0.231 e. The van der Waals surface area contributed by atoms with Crippen molar-refractivity contribution in [3.05, 3.63) is 29.3 Å². The van der Waals surface area contributed by atoms with Crippen LogP contribution in [0.3, 0.4) is 0 Å². The van der Waals surface area contributed by atoms with Crippen molar-refractivity contribution in [3.63, 3.8) is 0 Å². The summed E-state index contributed by atoms with van der Waals surface area (Å²) in [6.07, 6.45) is 0. The van der Waals surface area contributed by atoms with E-state index in [1.165, 1.54) is 7.11 Å². The molecule has 1 aromatic carbocycles. The van der Waals surface area contributed by atoms with Gasteiger partial charge in [0.25, 0.3) is 0 Å². The minimum Gasteiger partial charge on any atom is -0.495 e. The minimum atomic E-state index is -0.348. The number of nitrogens with zero attached hydrogens (tertiary/aromatic N) is 2. The average molecular weight is 275 g/mol. The summed E-state index contributed by atoms with van der Waals surface area (Å²) in [5.74, 6) is 0.643. The summed E-state index contributed by atoms with van der Waals surface area (Å²) < 4.78 is 5.12. The van der Waals surface area contributed by atoms with Gasteiger partial charge in [0.2, 0.25) is 5.91 Å². The molecule has 1 rings (SSSR count). The van der Waals surface area contributed by atoms with Crippen molar-refractivity contribution in [2.75, 3.05) is 20.2 Å².